The van der Waals surface area contributed by atoms with E-state index in [4.69, 9.17) is 16.3 Å². The highest BCUT2D eigenvalue weighted by Crippen LogP contribution is 2.43. The van der Waals surface area contributed by atoms with Crippen molar-refractivity contribution in [2.24, 2.45) is 5.92 Å². The standard InChI is InChI=1S/C17H16ClNO3/c18-15(12-7-3-1-4-8-12)14-11-22-17(16(14)19(20)21)13-9-5-2-6-10-13/h1-10,14-17H,11H2/t14-,15+,16-,17+/m0/s1. The molecule has 0 bridgehead atoms. The van der Waals surface area contributed by atoms with Gasteiger partial charge in [-0.2, -0.15) is 0 Å². The summed E-state index contributed by atoms with van der Waals surface area (Å²) in [4.78, 5) is 11.3. The van der Waals surface area contributed by atoms with Gasteiger partial charge in [-0.05, 0) is 11.1 Å². The molecule has 0 amide bonds. The molecule has 22 heavy (non-hydrogen) atoms. The zero-order valence-corrected chi connectivity index (χ0v) is 12.6. The molecule has 5 heteroatoms. The number of hydrogen-bond donors (Lipinski definition) is 0. The van der Waals surface area contributed by atoms with Gasteiger partial charge in [0.05, 0.1) is 17.9 Å². The minimum Gasteiger partial charge on any atom is -0.366 e. The molecule has 2 aromatic rings. The lowest BCUT2D eigenvalue weighted by molar-refractivity contribution is -0.535. The molecule has 2 aromatic carbocycles. The van der Waals surface area contributed by atoms with Crippen LogP contribution >= 0.6 is 11.6 Å². The molecule has 1 aliphatic rings. The Bertz CT molecular complexity index is 635. The van der Waals surface area contributed by atoms with Gasteiger partial charge in [-0.3, -0.25) is 10.1 Å². The molecule has 0 radical (unpaired) electrons. The summed E-state index contributed by atoms with van der Waals surface area (Å²) in [5, 5.41) is 11.2. The number of nitro groups is 1. The average molecular weight is 318 g/mol. The Labute approximate surface area is 133 Å². The van der Waals surface area contributed by atoms with Crippen LogP contribution in [-0.2, 0) is 4.74 Å². The smallest absolute Gasteiger partial charge is 0.249 e. The van der Waals surface area contributed by atoms with Crippen molar-refractivity contribution in [1.29, 1.82) is 0 Å². The lowest BCUT2D eigenvalue weighted by Crippen LogP contribution is -2.32. The van der Waals surface area contributed by atoms with Gasteiger partial charge in [-0.1, -0.05) is 60.7 Å². The van der Waals surface area contributed by atoms with Crippen LogP contribution in [0.2, 0.25) is 0 Å². The fourth-order valence-corrected chi connectivity index (χ4v) is 3.35. The van der Waals surface area contributed by atoms with Crippen molar-refractivity contribution in [2.75, 3.05) is 6.61 Å². The number of halogens is 1. The van der Waals surface area contributed by atoms with E-state index in [1.54, 1.807) is 0 Å². The topological polar surface area (TPSA) is 52.4 Å². The lowest BCUT2D eigenvalue weighted by atomic mass is 9.89. The Morgan fingerprint density at radius 2 is 1.68 bits per heavy atom. The second-order valence-electron chi connectivity index (χ2n) is 5.42. The van der Waals surface area contributed by atoms with Crippen molar-refractivity contribution >= 4 is 11.6 Å². The molecule has 4 nitrogen and oxygen atoms in total. The van der Waals surface area contributed by atoms with Gasteiger partial charge in [0, 0.05) is 4.92 Å². The Kier molecular flexibility index (Phi) is 4.41. The summed E-state index contributed by atoms with van der Waals surface area (Å²) in [7, 11) is 0. The summed E-state index contributed by atoms with van der Waals surface area (Å²) in [6, 6.07) is 17.9. The van der Waals surface area contributed by atoms with Gasteiger partial charge in [-0.25, -0.2) is 0 Å². The fraction of sp³-hybridized carbons (Fsp3) is 0.294. The van der Waals surface area contributed by atoms with Crippen LogP contribution in [-0.4, -0.2) is 17.6 Å². The quantitative estimate of drug-likeness (QED) is 0.486. The summed E-state index contributed by atoms with van der Waals surface area (Å²) < 4.78 is 5.74. The largest absolute Gasteiger partial charge is 0.366 e. The molecule has 1 heterocycles. The highest BCUT2D eigenvalue weighted by molar-refractivity contribution is 6.21. The predicted molar refractivity (Wildman–Crippen MR) is 84.4 cm³/mol. The van der Waals surface area contributed by atoms with Crippen LogP contribution in [0.3, 0.4) is 0 Å². The van der Waals surface area contributed by atoms with Gasteiger partial charge < -0.3 is 4.74 Å². The minimum atomic E-state index is -0.842. The summed E-state index contributed by atoms with van der Waals surface area (Å²) in [6.07, 6.45) is -0.550. The van der Waals surface area contributed by atoms with E-state index in [0.29, 0.717) is 0 Å². The third-order valence-electron chi connectivity index (χ3n) is 4.08. The third-order valence-corrected chi connectivity index (χ3v) is 4.66. The highest BCUT2D eigenvalue weighted by Gasteiger charge is 2.50. The number of rotatable bonds is 4. The van der Waals surface area contributed by atoms with Crippen molar-refractivity contribution in [2.45, 2.75) is 17.5 Å². The molecular formula is C17H16ClNO3. The van der Waals surface area contributed by atoms with E-state index in [9.17, 15) is 10.1 Å². The normalized spacial score (nSPS) is 25.8. The third kappa shape index (κ3) is 2.85. The highest BCUT2D eigenvalue weighted by atomic mass is 35.5. The van der Waals surface area contributed by atoms with Crippen LogP contribution in [0, 0.1) is 16.0 Å². The first-order chi connectivity index (χ1) is 10.7. The molecule has 1 fully saturated rings. The second kappa shape index (κ2) is 6.46. The van der Waals surface area contributed by atoms with E-state index in [1.165, 1.54) is 0 Å². The van der Waals surface area contributed by atoms with E-state index in [2.05, 4.69) is 0 Å². The van der Waals surface area contributed by atoms with Gasteiger partial charge in [0.25, 0.3) is 0 Å². The molecule has 3 rings (SSSR count). The van der Waals surface area contributed by atoms with Gasteiger partial charge in [0.15, 0.2) is 6.10 Å². The van der Waals surface area contributed by atoms with Crippen molar-refractivity contribution in [3.8, 4) is 0 Å². The fourth-order valence-electron chi connectivity index (χ4n) is 2.98. The van der Waals surface area contributed by atoms with Crippen LogP contribution in [0.15, 0.2) is 60.7 Å². The Balaban J connectivity index is 1.88. The maximum Gasteiger partial charge on any atom is 0.249 e. The van der Waals surface area contributed by atoms with Crippen molar-refractivity contribution in [1.82, 2.24) is 0 Å². The van der Waals surface area contributed by atoms with Gasteiger partial charge in [0.2, 0.25) is 6.04 Å². The van der Waals surface area contributed by atoms with Crippen LogP contribution < -0.4 is 0 Å². The van der Waals surface area contributed by atoms with Crippen molar-refractivity contribution in [3.63, 3.8) is 0 Å². The molecule has 0 unspecified atom stereocenters. The molecule has 0 saturated carbocycles. The molecule has 0 aliphatic carbocycles. The molecule has 0 spiro atoms. The number of ether oxygens (including phenoxy) is 1. The molecule has 0 N–H and O–H groups in total. The molecular weight excluding hydrogens is 302 g/mol. The van der Waals surface area contributed by atoms with Crippen LogP contribution in [0.4, 0.5) is 0 Å². The Morgan fingerprint density at radius 1 is 1.09 bits per heavy atom. The van der Waals surface area contributed by atoms with Crippen molar-refractivity contribution < 1.29 is 9.66 Å². The molecule has 1 aliphatic heterocycles. The van der Waals surface area contributed by atoms with Crippen LogP contribution in [0.5, 0.6) is 0 Å². The first-order valence-corrected chi connectivity index (χ1v) is 7.61. The molecule has 0 aromatic heterocycles. The summed E-state index contributed by atoms with van der Waals surface area (Å²) in [5.74, 6) is -0.357. The van der Waals surface area contributed by atoms with Gasteiger partial charge in [-0.15, -0.1) is 11.6 Å². The van der Waals surface area contributed by atoms with Gasteiger partial charge >= 0.3 is 0 Å². The zero-order valence-electron chi connectivity index (χ0n) is 11.8. The van der Waals surface area contributed by atoms with Crippen LogP contribution in [0.25, 0.3) is 0 Å². The Morgan fingerprint density at radius 3 is 2.27 bits per heavy atom. The van der Waals surface area contributed by atoms with E-state index in [1.807, 2.05) is 60.7 Å². The summed E-state index contributed by atoms with van der Waals surface area (Å²) >= 11 is 6.52. The minimum absolute atomic E-state index is 0.256. The number of alkyl halides is 1. The monoisotopic (exact) mass is 317 g/mol. The Hall–Kier alpha value is -1.91. The first kappa shape index (κ1) is 15.0. The number of nitrogens with zero attached hydrogens (tertiary/aromatic N) is 1. The van der Waals surface area contributed by atoms with E-state index < -0.39 is 17.5 Å². The second-order valence-corrected chi connectivity index (χ2v) is 5.89. The maximum atomic E-state index is 11.6. The number of benzene rings is 2. The van der Waals surface area contributed by atoms with Gasteiger partial charge in [0.1, 0.15) is 0 Å². The average Bonchev–Trinajstić information content (AvgIpc) is 3.01. The SMILES string of the molecule is O=[N+]([O-])[C@H]1[C@H]([C@H](Cl)c2ccccc2)CO[C@@H]1c1ccccc1. The molecule has 4 atom stereocenters. The zero-order chi connectivity index (χ0) is 15.5. The summed E-state index contributed by atoms with van der Waals surface area (Å²) in [6.45, 7) is 0.286. The van der Waals surface area contributed by atoms with Crippen LogP contribution in [0.1, 0.15) is 22.6 Å². The summed E-state index contributed by atoms with van der Waals surface area (Å²) in [5.41, 5.74) is 1.71. The van der Waals surface area contributed by atoms with E-state index in [0.717, 1.165) is 11.1 Å². The number of hydrogen-bond acceptors (Lipinski definition) is 3. The lowest BCUT2D eigenvalue weighted by Gasteiger charge is -2.20. The maximum absolute atomic E-state index is 11.6. The molecule has 114 valence electrons. The first-order valence-electron chi connectivity index (χ1n) is 7.17. The van der Waals surface area contributed by atoms with E-state index >= 15 is 0 Å². The predicted octanol–water partition coefficient (Wildman–Crippen LogP) is 4.00. The van der Waals surface area contributed by atoms with Crippen molar-refractivity contribution in [3.05, 3.63) is 81.9 Å². The van der Waals surface area contributed by atoms with E-state index in [-0.39, 0.29) is 17.4 Å². The molecule has 1 saturated heterocycles.